The summed E-state index contributed by atoms with van der Waals surface area (Å²) in [6.07, 6.45) is 16.8. The van der Waals surface area contributed by atoms with E-state index in [0.29, 0.717) is 0 Å². The number of rotatable bonds is 5. The summed E-state index contributed by atoms with van der Waals surface area (Å²) >= 11 is -1.32. The molecule has 0 N–H and O–H groups in total. The van der Waals surface area contributed by atoms with E-state index in [0.717, 1.165) is 3.47 Å². The Kier molecular flexibility index (Phi) is 5.01. The predicted molar refractivity (Wildman–Crippen MR) is 94.1 cm³/mol. The normalized spacial score (nSPS) is 18.8. The Morgan fingerprint density at radius 3 is 1.45 bits per heavy atom. The zero-order chi connectivity index (χ0) is 15.0. The van der Waals surface area contributed by atoms with E-state index in [-0.39, 0.29) is 0 Å². The van der Waals surface area contributed by atoms with Crippen LogP contribution in [0.3, 0.4) is 0 Å². The van der Waals surface area contributed by atoms with Gasteiger partial charge in [0.15, 0.2) is 0 Å². The van der Waals surface area contributed by atoms with Gasteiger partial charge in [0.1, 0.15) is 0 Å². The SMILES string of the molecule is C[Si](C)(C)[CH]([Ti]([C]1=CC=CC1)[C]1=CC=CC1)[Si](C)(C)C. The topological polar surface area (TPSA) is 0 Å². The maximum atomic E-state index is 2.62. The van der Waals surface area contributed by atoms with Crippen molar-refractivity contribution in [2.24, 2.45) is 0 Å². The van der Waals surface area contributed by atoms with Crippen LogP contribution in [0.4, 0.5) is 0 Å². The standard InChI is InChI=1S/C7H19Si2.2C5H5.Ti/c1-8(2,3)7-9(4,5)6;2*1-2-4-5-3-1;/h7H,1-6H3;2*1-3H,4H2;. The van der Waals surface area contributed by atoms with Gasteiger partial charge in [-0.3, -0.25) is 0 Å². The Labute approximate surface area is 133 Å². The van der Waals surface area contributed by atoms with Crippen molar-refractivity contribution in [2.75, 3.05) is 0 Å². The van der Waals surface area contributed by atoms with Gasteiger partial charge in [-0.2, -0.15) is 0 Å². The summed E-state index contributed by atoms with van der Waals surface area (Å²) in [7, 11) is -2.24. The molecule has 2 rings (SSSR count). The molecule has 0 saturated heterocycles. The van der Waals surface area contributed by atoms with Crippen molar-refractivity contribution < 1.29 is 17.9 Å². The van der Waals surface area contributed by atoms with Crippen molar-refractivity contribution in [1.82, 2.24) is 0 Å². The van der Waals surface area contributed by atoms with Crippen LogP contribution in [0.25, 0.3) is 0 Å². The first-order chi connectivity index (χ1) is 9.21. The van der Waals surface area contributed by atoms with Gasteiger partial charge < -0.3 is 0 Å². The first-order valence-electron chi connectivity index (χ1n) is 7.80. The average molecular weight is 337 g/mol. The van der Waals surface area contributed by atoms with Crippen LogP contribution in [-0.2, 0) is 17.9 Å². The molecule has 2 aliphatic rings. The summed E-state index contributed by atoms with van der Waals surface area (Å²) in [4.78, 5) is 0. The maximum absolute atomic E-state index is 2.62. The van der Waals surface area contributed by atoms with Gasteiger partial charge in [-0.15, -0.1) is 0 Å². The van der Waals surface area contributed by atoms with E-state index in [9.17, 15) is 0 Å². The molecular weight excluding hydrogens is 308 g/mol. The van der Waals surface area contributed by atoms with Crippen LogP contribution in [0.2, 0.25) is 42.8 Å². The van der Waals surface area contributed by atoms with E-state index in [1.165, 1.54) is 12.8 Å². The van der Waals surface area contributed by atoms with Gasteiger partial charge in [0, 0.05) is 0 Å². The van der Waals surface area contributed by atoms with Crippen LogP contribution in [0, 0.1) is 0 Å². The summed E-state index contributed by atoms with van der Waals surface area (Å²) in [5.74, 6) is 0. The third kappa shape index (κ3) is 3.65. The molecule has 0 aromatic heterocycles. The van der Waals surface area contributed by atoms with E-state index in [1.54, 1.807) is 0 Å². The molecule has 0 atom stereocenters. The average Bonchev–Trinajstić information content (AvgIpc) is 2.95. The molecule has 0 amide bonds. The van der Waals surface area contributed by atoms with E-state index >= 15 is 0 Å². The molecular formula is C17H29Si2Ti. The van der Waals surface area contributed by atoms with Crippen molar-refractivity contribution in [3.8, 4) is 0 Å². The van der Waals surface area contributed by atoms with Gasteiger partial charge in [0.2, 0.25) is 0 Å². The van der Waals surface area contributed by atoms with Gasteiger partial charge in [-0.05, 0) is 0 Å². The van der Waals surface area contributed by atoms with Crippen LogP contribution in [0.5, 0.6) is 0 Å². The fourth-order valence-electron chi connectivity index (χ4n) is 4.04. The number of hydrogen-bond acceptors (Lipinski definition) is 0. The first kappa shape index (κ1) is 16.5. The second-order valence-electron chi connectivity index (χ2n) is 8.23. The van der Waals surface area contributed by atoms with Gasteiger partial charge in [-0.25, -0.2) is 0 Å². The molecule has 109 valence electrons. The molecule has 3 heteroatoms. The summed E-state index contributed by atoms with van der Waals surface area (Å²) in [6, 6.07) is 0. The zero-order valence-corrected chi connectivity index (χ0v) is 17.5. The van der Waals surface area contributed by atoms with Gasteiger partial charge in [0.05, 0.1) is 0 Å². The first-order valence-corrected chi connectivity index (χ1v) is 17.4. The summed E-state index contributed by atoms with van der Waals surface area (Å²) in [5.41, 5.74) is 0. The van der Waals surface area contributed by atoms with Crippen molar-refractivity contribution in [2.45, 2.75) is 55.6 Å². The third-order valence-electron chi connectivity index (χ3n) is 4.26. The van der Waals surface area contributed by atoms with Crippen molar-refractivity contribution in [3.05, 3.63) is 44.2 Å². The minimum atomic E-state index is -1.32. The van der Waals surface area contributed by atoms with Crippen molar-refractivity contribution in [1.29, 1.82) is 0 Å². The van der Waals surface area contributed by atoms with Crippen LogP contribution in [0.1, 0.15) is 12.8 Å². The quantitative estimate of drug-likeness (QED) is 0.553. The summed E-state index contributed by atoms with van der Waals surface area (Å²) < 4.78 is 4.77. The van der Waals surface area contributed by atoms with Crippen LogP contribution >= 0.6 is 0 Å². The monoisotopic (exact) mass is 337 g/mol. The van der Waals surface area contributed by atoms with Crippen molar-refractivity contribution in [3.63, 3.8) is 0 Å². The van der Waals surface area contributed by atoms with E-state index in [4.69, 9.17) is 0 Å². The Morgan fingerprint density at radius 2 is 1.20 bits per heavy atom. The fraction of sp³-hybridized carbons (Fsp3) is 0.529. The molecule has 0 radical (unpaired) electrons. The van der Waals surface area contributed by atoms with E-state index in [1.807, 2.05) is 7.76 Å². The zero-order valence-electron chi connectivity index (χ0n) is 14.0. The molecule has 0 bridgehead atoms. The summed E-state index contributed by atoms with van der Waals surface area (Å²) in [6.45, 7) is 15.7. The fourth-order valence-corrected chi connectivity index (χ4v) is 31.1. The molecule has 2 aliphatic carbocycles. The van der Waals surface area contributed by atoms with E-state index in [2.05, 4.69) is 75.7 Å². The molecule has 0 aromatic rings. The van der Waals surface area contributed by atoms with Crippen LogP contribution in [0.15, 0.2) is 44.2 Å². The molecule has 0 aromatic carbocycles. The molecule has 0 spiro atoms. The summed E-state index contributed by atoms with van der Waals surface area (Å²) in [5, 5.41) is 0. The Bertz CT molecular complexity index is 440. The minimum absolute atomic E-state index is 1.09. The predicted octanol–water partition coefficient (Wildman–Crippen LogP) is 5.84. The second-order valence-corrected chi connectivity index (χ2v) is 25.4. The molecule has 0 saturated carbocycles. The number of allylic oxidation sites excluding steroid dienone is 8. The Hall–Kier alpha value is 0.108. The molecule has 0 unspecified atom stereocenters. The second kappa shape index (κ2) is 6.08. The van der Waals surface area contributed by atoms with Crippen molar-refractivity contribution >= 4 is 16.1 Å². The van der Waals surface area contributed by atoms with Gasteiger partial charge >= 0.3 is 134 Å². The van der Waals surface area contributed by atoms with Crippen LogP contribution in [-0.4, -0.2) is 16.1 Å². The number of hydrogen-bond donors (Lipinski definition) is 0. The molecule has 20 heavy (non-hydrogen) atoms. The van der Waals surface area contributed by atoms with Crippen LogP contribution < -0.4 is 0 Å². The van der Waals surface area contributed by atoms with Gasteiger partial charge in [0.25, 0.3) is 0 Å². The molecule has 0 aliphatic heterocycles. The van der Waals surface area contributed by atoms with Gasteiger partial charge in [-0.1, -0.05) is 0 Å². The molecule has 0 fully saturated rings. The molecule has 0 heterocycles. The Balaban J connectivity index is 2.43. The van der Waals surface area contributed by atoms with E-state index < -0.39 is 34.0 Å². The third-order valence-corrected chi connectivity index (χ3v) is 27.6. The molecule has 0 nitrogen and oxygen atoms in total. The Morgan fingerprint density at radius 1 is 0.800 bits per heavy atom.